The van der Waals surface area contributed by atoms with Gasteiger partial charge in [0.15, 0.2) is 5.60 Å². The summed E-state index contributed by atoms with van der Waals surface area (Å²) in [4.78, 5) is 14.3. The molecule has 2 fully saturated rings. The Labute approximate surface area is 150 Å². The molecule has 1 aliphatic carbocycles. The monoisotopic (exact) mass is 374 g/mol. The van der Waals surface area contributed by atoms with E-state index in [4.69, 9.17) is 10.1 Å². The van der Waals surface area contributed by atoms with Gasteiger partial charge >= 0.3 is 5.97 Å². The molecule has 2 N–H and O–H groups in total. The first-order valence-electron chi connectivity index (χ1n) is 7.96. The average Bonchev–Trinajstić information content (AvgIpc) is 2.90. The molecular formula is C17H21ClF2N2O3. The lowest BCUT2D eigenvalue weighted by Gasteiger charge is -2.40. The van der Waals surface area contributed by atoms with Crippen molar-refractivity contribution < 1.29 is 23.4 Å². The standard InChI is InChI=1S/C17H20F2N2O3.ClH/c18-16(19)7-6-13(8-16)17(23,12-4-2-1-3-5-12)15(22)24-14-9-21(10-14)11-20;/h1-5,11,13-14,20,23H,6-10H2;1H. The quantitative estimate of drug-likeness (QED) is 0.472. The fourth-order valence-electron chi connectivity index (χ4n) is 3.41. The average molecular weight is 375 g/mol. The summed E-state index contributed by atoms with van der Waals surface area (Å²) in [5.41, 5.74) is -1.80. The fourth-order valence-corrected chi connectivity index (χ4v) is 3.41. The molecule has 8 heteroatoms. The fraction of sp³-hybridized carbons (Fsp3) is 0.529. The predicted molar refractivity (Wildman–Crippen MR) is 90.1 cm³/mol. The third-order valence-corrected chi connectivity index (χ3v) is 4.85. The van der Waals surface area contributed by atoms with E-state index in [0.717, 1.165) is 6.34 Å². The Morgan fingerprint density at radius 3 is 2.52 bits per heavy atom. The van der Waals surface area contributed by atoms with Crippen molar-refractivity contribution in [2.45, 2.75) is 36.9 Å². The number of aliphatic hydroxyl groups is 1. The summed E-state index contributed by atoms with van der Waals surface area (Å²) in [5.74, 6) is -4.64. The molecule has 1 saturated carbocycles. The molecular weight excluding hydrogens is 354 g/mol. The number of hydrogen-bond acceptors (Lipinski definition) is 4. The topological polar surface area (TPSA) is 73.6 Å². The molecule has 0 spiro atoms. The van der Waals surface area contributed by atoms with E-state index in [2.05, 4.69) is 0 Å². The van der Waals surface area contributed by atoms with Gasteiger partial charge in [-0.3, -0.25) is 5.41 Å². The van der Waals surface area contributed by atoms with Crippen LogP contribution in [-0.2, 0) is 15.1 Å². The molecule has 1 aromatic rings. The second kappa shape index (κ2) is 7.25. The number of esters is 1. The van der Waals surface area contributed by atoms with Crippen LogP contribution < -0.4 is 0 Å². The van der Waals surface area contributed by atoms with Crippen molar-refractivity contribution in [3.8, 4) is 0 Å². The number of halogens is 3. The van der Waals surface area contributed by atoms with Crippen molar-refractivity contribution in [1.29, 1.82) is 5.41 Å². The number of nitrogens with one attached hydrogen (secondary N) is 1. The lowest BCUT2D eigenvalue weighted by atomic mass is 9.80. The molecule has 138 valence electrons. The predicted octanol–water partition coefficient (Wildman–Crippen LogP) is 2.57. The van der Waals surface area contributed by atoms with Crippen LogP contribution in [0.15, 0.2) is 30.3 Å². The van der Waals surface area contributed by atoms with Crippen LogP contribution in [0.25, 0.3) is 0 Å². The van der Waals surface area contributed by atoms with Gasteiger partial charge in [-0.25, -0.2) is 13.6 Å². The van der Waals surface area contributed by atoms with Crippen molar-refractivity contribution in [3.63, 3.8) is 0 Å². The van der Waals surface area contributed by atoms with Gasteiger partial charge < -0.3 is 14.7 Å². The molecule has 3 rings (SSSR count). The van der Waals surface area contributed by atoms with Crippen LogP contribution in [0.4, 0.5) is 8.78 Å². The van der Waals surface area contributed by atoms with E-state index in [0.29, 0.717) is 13.1 Å². The number of rotatable bonds is 5. The largest absolute Gasteiger partial charge is 0.456 e. The number of nitrogens with zero attached hydrogens (tertiary/aromatic N) is 1. The Morgan fingerprint density at radius 1 is 1.36 bits per heavy atom. The summed E-state index contributed by atoms with van der Waals surface area (Å²) in [6, 6.07) is 8.15. The number of likely N-dealkylation sites (tertiary alicyclic amines) is 1. The Morgan fingerprint density at radius 2 is 2.00 bits per heavy atom. The summed E-state index contributed by atoms with van der Waals surface area (Å²) < 4.78 is 32.6. The van der Waals surface area contributed by atoms with Crippen LogP contribution in [0.3, 0.4) is 0 Å². The van der Waals surface area contributed by atoms with Crippen molar-refractivity contribution in [1.82, 2.24) is 4.90 Å². The minimum Gasteiger partial charge on any atom is -0.456 e. The Hall–Kier alpha value is -1.73. The number of alkyl halides is 2. The summed E-state index contributed by atoms with van der Waals surface area (Å²) in [6.45, 7) is 0.752. The van der Waals surface area contributed by atoms with Crippen LogP contribution in [0, 0.1) is 11.3 Å². The minimum absolute atomic E-state index is 0. The van der Waals surface area contributed by atoms with Crippen molar-refractivity contribution in [2.75, 3.05) is 13.1 Å². The molecule has 2 atom stereocenters. The highest BCUT2D eigenvalue weighted by atomic mass is 35.5. The molecule has 1 aliphatic heterocycles. The third-order valence-electron chi connectivity index (χ3n) is 4.85. The van der Waals surface area contributed by atoms with Gasteiger partial charge in [-0.15, -0.1) is 12.4 Å². The maximum Gasteiger partial charge on any atom is 0.343 e. The SMILES string of the molecule is Cl.N=CN1CC(OC(=O)C(O)(c2ccccc2)C2CCC(F)(F)C2)C1. The Balaban J connectivity index is 0.00000225. The van der Waals surface area contributed by atoms with Gasteiger partial charge in [-0.2, -0.15) is 0 Å². The molecule has 1 heterocycles. The van der Waals surface area contributed by atoms with E-state index >= 15 is 0 Å². The highest BCUT2D eigenvalue weighted by Crippen LogP contribution is 2.48. The first kappa shape index (κ1) is 19.6. The summed E-state index contributed by atoms with van der Waals surface area (Å²) in [6.07, 6.45) is -0.109. The van der Waals surface area contributed by atoms with Gasteiger partial charge in [0.1, 0.15) is 6.10 Å². The van der Waals surface area contributed by atoms with E-state index in [1.807, 2.05) is 0 Å². The zero-order valence-corrected chi connectivity index (χ0v) is 14.3. The van der Waals surface area contributed by atoms with Gasteiger partial charge in [-0.05, 0) is 12.0 Å². The molecule has 1 aromatic carbocycles. The van der Waals surface area contributed by atoms with E-state index in [-0.39, 0.29) is 30.8 Å². The highest BCUT2D eigenvalue weighted by Gasteiger charge is 2.55. The number of carbonyl (C=O) groups is 1. The van der Waals surface area contributed by atoms with E-state index in [1.54, 1.807) is 35.2 Å². The molecule has 25 heavy (non-hydrogen) atoms. The lowest BCUT2D eigenvalue weighted by Crippen LogP contribution is -2.55. The molecule has 0 bridgehead atoms. The Kier molecular flexibility index (Phi) is 5.68. The first-order chi connectivity index (χ1) is 11.3. The van der Waals surface area contributed by atoms with Gasteiger partial charge in [0.2, 0.25) is 5.92 Å². The summed E-state index contributed by atoms with van der Waals surface area (Å²) in [7, 11) is 0. The van der Waals surface area contributed by atoms with Crippen LogP contribution in [-0.4, -0.2) is 47.4 Å². The molecule has 5 nitrogen and oxygen atoms in total. The van der Waals surface area contributed by atoms with Crippen LogP contribution in [0.5, 0.6) is 0 Å². The zero-order chi connectivity index (χ0) is 17.4. The molecule has 0 radical (unpaired) electrons. The molecule has 2 aliphatic rings. The summed E-state index contributed by atoms with van der Waals surface area (Å²) >= 11 is 0. The highest BCUT2D eigenvalue weighted by molar-refractivity contribution is 5.85. The smallest absolute Gasteiger partial charge is 0.343 e. The molecule has 0 amide bonds. The van der Waals surface area contributed by atoms with Crippen molar-refractivity contribution >= 4 is 24.7 Å². The Bertz CT molecular complexity index is 626. The van der Waals surface area contributed by atoms with E-state index in [9.17, 15) is 18.7 Å². The lowest BCUT2D eigenvalue weighted by molar-refractivity contribution is -0.185. The summed E-state index contributed by atoms with van der Waals surface area (Å²) in [5, 5.41) is 18.2. The van der Waals surface area contributed by atoms with Crippen molar-refractivity contribution in [3.05, 3.63) is 35.9 Å². The maximum absolute atomic E-state index is 13.6. The van der Waals surface area contributed by atoms with E-state index in [1.165, 1.54) is 0 Å². The zero-order valence-electron chi connectivity index (χ0n) is 13.5. The molecule has 1 saturated heterocycles. The normalized spacial score (nSPS) is 24.6. The number of carbonyl (C=O) groups excluding carboxylic acids is 1. The van der Waals surface area contributed by atoms with Crippen LogP contribution >= 0.6 is 12.4 Å². The van der Waals surface area contributed by atoms with Crippen LogP contribution in [0.2, 0.25) is 0 Å². The number of benzene rings is 1. The minimum atomic E-state index is -2.87. The van der Waals surface area contributed by atoms with Crippen molar-refractivity contribution in [2.24, 2.45) is 5.92 Å². The van der Waals surface area contributed by atoms with Gasteiger partial charge in [0.25, 0.3) is 0 Å². The van der Waals surface area contributed by atoms with Crippen LogP contribution in [0.1, 0.15) is 24.8 Å². The first-order valence-corrected chi connectivity index (χ1v) is 7.96. The van der Waals surface area contributed by atoms with Gasteiger partial charge in [-0.1, -0.05) is 30.3 Å². The van der Waals surface area contributed by atoms with Gasteiger partial charge in [0.05, 0.1) is 19.4 Å². The maximum atomic E-state index is 13.6. The molecule has 2 unspecified atom stereocenters. The second-order valence-corrected chi connectivity index (χ2v) is 6.54. The van der Waals surface area contributed by atoms with Gasteiger partial charge in [0, 0.05) is 18.8 Å². The third kappa shape index (κ3) is 3.77. The second-order valence-electron chi connectivity index (χ2n) is 6.54. The molecule has 0 aromatic heterocycles. The number of ether oxygens (including phenoxy) is 1. The number of hydrogen-bond donors (Lipinski definition) is 2. The van der Waals surface area contributed by atoms with E-state index < -0.39 is 35.9 Å².